The molecule has 2 aliphatic rings. The summed E-state index contributed by atoms with van der Waals surface area (Å²) in [7, 11) is 2.28. The van der Waals surface area contributed by atoms with E-state index < -0.39 is 0 Å². The van der Waals surface area contributed by atoms with Gasteiger partial charge in [0, 0.05) is 12.6 Å². The number of hydrogen-bond acceptors (Lipinski definition) is 2. The van der Waals surface area contributed by atoms with Crippen molar-refractivity contribution in [1.29, 1.82) is 0 Å². The molecule has 2 saturated heterocycles. The van der Waals surface area contributed by atoms with Crippen LogP contribution in [0.25, 0.3) is 0 Å². The smallest absolute Gasteiger partial charge is 0.0132 e. The molecule has 2 rings (SSSR count). The Morgan fingerprint density at radius 1 is 1.31 bits per heavy atom. The van der Waals surface area contributed by atoms with Gasteiger partial charge in [-0.1, -0.05) is 0 Å². The molecule has 2 heterocycles. The third-order valence-corrected chi connectivity index (χ3v) is 4.24. The van der Waals surface area contributed by atoms with Gasteiger partial charge >= 0.3 is 0 Å². The number of hydrogen-bond donors (Lipinski definition) is 1. The second-order valence-electron chi connectivity index (χ2n) is 4.90. The third kappa shape index (κ3) is 1.62. The van der Waals surface area contributed by atoms with Crippen LogP contribution in [0.5, 0.6) is 0 Å². The van der Waals surface area contributed by atoms with Crippen molar-refractivity contribution in [3.63, 3.8) is 0 Å². The van der Waals surface area contributed by atoms with Crippen LogP contribution in [0.15, 0.2) is 0 Å². The molecule has 2 aliphatic heterocycles. The number of nitrogens with zero attached hydrogens (tertiary/aromatic N) is 1. The van der Waals surface area contributed by atoms with Gasteiger partial charge in [0.05, 0.1) is 0 Å². The molecule has 76 valence electrons. The minimum atomic E-state index is 0.602. The van der Waals surface area contributed by atoms with Crippen LogP contribution in [-0.2, 0) is 0 Å². The highest BCUT2D eigenvalue weighted by molar-refractivity contribution is 4.96. The zero-order chi connectivity index (χ0) is 9.31. The highest BCUT2D eigenvalue weighted by atomic mass is 15.2. The first kappa shape index (κ1) is 9.47. The van der Waals surface area contributed by atoms with E-state index in [4.69, 9.17) is 0 Å². The summed E-state index contributed by atoms with van der Waals surface area (Å²) in [5.41, 5.74) is 0.602. The molecule has 0 saturated carbocycles. The second-order valence-corrected chi connectivity index (χ2v) is 4.90. The fourth-order valence-electron chi connectivity index (χ4n) is 3.11. The van der Waals surface area contributed by atoms with E-state index in [1.165, 1.54) is 45.3 Å². The van der Waals surface area contributed by atoms with E-state index in [-0.39, 0.29) is 0 Å². The largest absolute Gasteiger partial charge is 0.316 e. The normalized spacial score (nSPS) is 42.5. The lowest BCUT2D eigenvalue weighted by atomic mass is 9.69. The van der Waals surface area contributed by atoms with Gasteiger partial charge in [0.2, 0.25) is 0 Å². The predicted molar refractivity (Wildman–Crippen MR) is 55.9 cm³/mol. The highest BCUT2D eigenvalue weighted by Gasteiger charge is 2.41. The van der Waals surface area contributed by atoms with Crippen LogP contribution in [0, 0.1) is 5.41 Å². The van der Waals surface area contributed by atoms with E-state index in [9.17, 15) is 0 Å². The van der Waals surface area contributed by atoms with E-state index in [1.54, 1.807) is 0 Å². The van der Waals surface area contributed by atoms with E-state index >= 15 is 0 Å². The number of nitrogens with one attached hydrogen (secondary N) is 1. The highest BCUT2D eigenvalue weighted by Crippen LogP contribution is 2.40. The van der Waals surface area contributed by atoms with Crippen LogP contribution in [0.2, 0.25) is 0 Å². The molecular weight excluding hydrogens is 160 g/mol. The molecule has 2 nitrogen and oxygen atoms in total. The van der Waals surface area contributed by atoms with Crippen molar-refractivity contribution in [1.82, 2.24) is 10.2 Å². The van der Waals surface area contributed by atoms with Gasteiger partial charge in [-0.15, -0.1) is 0 Å². The quantitative estimate of drug-likeness (QED) is 0.610. The maximum atomic E-state index is 3.57. The standard InChI is InChI=1S/C11H22N2/c1-10-11(5-3-7-12-9-11)6-4-8-13(10)2/h10,12H,3-9H2,1-2H3. The lowest BCUT2D eigenvalue weighted by Crippen LogP contribution is -2.55. The van der Waals surface area contributed by atoms with Gasteiger partial charge in [0.1, 0.15) is 0 Å². The summed E-state index contributed by atoms with van der Waals surface area (Å²) in [6.07, 6.45) is 5.64. The molecule has 2 heteroatoms. The minimum absolute atomic E-state index is 0.602. The first-order valence-corrected chi connectivity index (χ1v) is 5.66. The molecule has 0 amide bonds. The summed E-state index contributed by atoms with van der Waals surface area (Å²) in [6.45, 7) is 6.19. The summed E-state index contributed by atoms with van der Waals surface area (Å²) < 4.78 is 0. The average Bonchev–Trinajstić information content (AvgIpc) is 2.16. The van der Waals surface area contributed by atoms with Crippen molar-refractivity contribution < 1.29 is 0 Å². The van der Waals surface area contributed by atoms with Crippen molar-refractivity contribution in [2.45, 2.75) is 38.6 Å². The first-order valence-electron chi connectivity index (χ1n) is 5.66. The average molecular weight is 182 g/mol. The van der Waals surface area contributed by atoms with E-state index in [0.717, 1.165) is 6.04 Å². The van der Waals surface area contributed by atoms with Crippen molar-refractivity contribution in [3.8, 4) is 0 Å². The molecule has 1 N–H and O–H groups in total. The Morgan fingerprint density at radius 3 is 2.77 bits per heavy atom. The van der Waals surface area contributed by atoms with Gasteiger partial charge in [-0.25, -0.2) is 0 Å². The zero-order valence-electron chi connectivity index (χ0n) is 8.97. The van der Waals surface area contributed by atoms with Crippen molar-refractivity contribution >= 4 is 0 Å². The van der Waals surface area contributed by atoms with Gasteiger partial charge < -0.3 is 10.2 Å². The molecule has 2 fully saturated rings. The molecule has 0 bridgehead atoms. The molecule has 13 heavy (non-hydrogen) atoms. The Balaban J connectivity index is 2.09. The number of piperidine rings is 2. The Kier molecular flexibility index (Phi) is 2.61. The van der Waals surface area contributed by atoms with Gasteiger partial charge in [0.15, 0.2) is 0 Å². The Hall–Kier alpha value is -0.0800. The summed E-state index contributed by atoms with van der Waals surface area (Å²) >= 11 is 0. The van der Waals surface area contributed by atoms with Crippen LogP contribution in [0.4, 0.5) is 0 Å². The summed E-state index contributed by atoms with van der Waals surface area (Å²) in [6, 6.07) is 0.772. The van der Waals surface area contributed by atoms with Crippen LogP contribution >= 0.6 is 0 Å². The van der Waals surface area contributed by atoms with E-state index in [0.29, 0.717) is 5.41 Å². The molecule has 2 atom stereocenters. The monoisotopic (exact) mass is 182 g/mol. The molecule has 0 aliphatic carbocycles. The Labute approximate surface area is 81.7 Å². The maximum Gasteiger partial charge on any atom is 0.0132 e. The van der Waals surface area contributed by atoms with Crippen LogP contribution in [-0.4, -0.2) is 37.6 Å². The van der Waals surface area contributed by atoms with E-state index in [2.05, 4.69) is 24.2 Å². The Bertz CT molecular complexity index is 167. The summed E-state index contributed by atoms with van der Waals surface area (Å²) in [5, 5.41) is 3.57. The predicted octanol–water partition coefficient (Wildman–Crippen LogP) is 1.47. The van der Waals surface area contributed by atoms with Gasteiger partial charge in [-0.05, 0) is 58.2 Å². The molecule has 1 spiro atoms. The number of rotatable bonds is 0. The third-order valence-electron chi connectivity index (χ3n) is 4.24. The fourth-order valence-corrected chi connectivity index (χ4v) is 3.11. The topological polar surface area (TPSA) is 15.3 Å². The second kappa shape index (κ2) is 3.58. The lowest BCUT2D eigenvalue weighted by Gasteiger charge is -2.49. The Morgan fingerprint density at radius 2 is 2.08 bits per heavy atom. The van der Waals surface area contributed by atoms with Gasteiger partial charge in [0.25, 0.3) is 0 Å². The molecule has 0 aromatic rings. The molecular formula is C11H22N2. The SMILES string of the molecule is CC1N(C)CCCC12CCCNC2. The molecule has 2 unspecified atom stereocenters. The lowest BCUT2D eigenvalue weighted by molar-refractivity contribution is 0.0212. The zero-order valence-corrected chi connectivity index (χ0v) is 8.97. The maximum absolute atomic E-state index is 3.57. The van der Waals surface area contributed by atoms with Crippen molar-refractivity contribution in [2.24, 2.45) is 5.41 Å². The molecule has 0 radical (unpaired) electrons. The van der Waals surface area contributed by atoms with Crippen LogP contribution in [0.3, 0.4) is 0 Å². The summed E-state index contributed by atoms with van der Waals surface area (Å²) in [4.78, 5) is 2.54. The van der Waals surface area contributed by atoms with Crippen LogP contribution < -0.4 is 5.32 Å². The molecule has 0 aromatic carbocycles. The van der Waals surface area contributed by atoms with Gasteiger partial charge in [-0.3, -0.25) is 0 Å². The number of likely N-dealkylation sites (tertiary alicyclic amines) is 1. The minimum Gasteiger partial charge on any atom is -0.316 e. The van der Waals surface area contributed by atoms with E-state index in [1.807, 2.05) is 0 Å². The first-order chi connectivity index (χ1) is 6.25. The van der Waals surface area contributed by atoms with Crippen molar-refractivity contribution in [2.75, 3.05) is 26.7 Å². The van der Waals surface area contributed by atoms with Gasteiger partial charge in [-0.2, -0.15) is 0 Å². The van der Waals surface area contributed by atoms with Crippen molar-refractivity contribution in [3.05, 3.63) is 0 Å². The fraction of sp³-hybridized carbons (Fsp3) is 1.00. The summed E-state index contributed by atoms with van der Waals surface area (Å²) in [5.74, 6) is 0. The van der Waals surface area contributed by atoms with Crippen LogP contribution in [0.1, 0.15) is 32.6 Å². The molecule has 0 aromatic heterocycles.